The van der Waals surface area contributed by atoms with Crippen molar-refractivity contribution < 1.29 is 9.59 Å². The van der Waals surface area contributed by atoms with Gasteiger partial charge in [0.05, 0.1) is 17.6 Å². The van der Waals surface area contributed by atoms with Gasteiger partial charge in [-0.15, -0.1) is 0 Å². The summed E-state index contributed by atoms with van der Waals surface area (Å²) in [6, 6.07) is 5.39. The number of fused-ring (bicyclic) bond motifs is 1. The van der Waals surface area contributed by atoms with Crippen LogP contribution in [-0.4, -0.2) is 39.8 Å². The Hall–Kier alpha value is -2.64. The maximum atomic E-state index is 12.7. The molecule has 0 radical (unpaired) electrons. The van der Waals surface area contributed by atoms with Crippen LogP contribution in [0.3, 0.4) is 0 Å². The number of hydrogen-bond acceptors (Lipinski definition) is 3. The van der Waals surface area contributed by atoms with E-state index in [0.717, 1.165) is 11.0 Å². The number of nitrogens with zero attached hydrogens (tertiary/aromatic N) is 2. The molecule has 0 saturated heterocycles. The molecule has 1 aromatic carbocycles. The van der Waals surface area contributed by atoms with Gasteiger partial charge in [-0.2, -0.15) is 0 Å². The fraction of sp³-hybridized carbons (Fsp3) is 0.320. The molecule has 2 aliphatic rings. The maximum Gasteiger partial charge on any atom is 0.251 e. The molecule has 2 amide bonds. The van der Waals surface area contributed by atoms with Crippen molar-refractivity contribution in [3.8, 4) is 0 Å². The highest BCUT2D eigenvalue weighted by Crippen LogP contribution is 2.25. The SMILES string of the molecule is CCCC.O=C(NCc1nc2ccc(Cl)cc2[nH]1)C1=CC(Br)=C(C(=O)N2CC=CC2)CC=C1. The molecular formula is C25H28BrClN4O2. The van der Waals surface area contributed by atoms with Gasteiger partial charge in [-0.25, -0.2) is 4.98 Å². The second kappa shape index (κ2) is 12.0. The minimum absolute atomic E-state index is 0.0228. The Bertz CT molecular complexity index is 1140. The number of imidazole rings is 1. The third-order valence-electron chi connectivity index (χ3n) is 5.23. The van der Waals surface area contributed by atoms with Gasteiger partial charge in [0.2, 0.25) is 0 Å². The van der Waals surface area contributed by atoms with E-state index in [0.29, 0.717) is 46.0 Å². The first kappa shape index (κ1) is 25.0. The summed E-state index contributed by atoms with van der Waals surface area (Å²) < 4.78 is 0.628. The summed E-state index contributed by atoms with van der Waals surface area (Å²) in [7, 11) is 0. The van der Waals surface area contributed by atoms with Gasteiger partial charge >= 0.3 is 0 Å². The smallest absolute Gasteiger partial charge is 0.251 e. The average Bonchev–Trinajstić information content (AvgIpc) is 3.44. The van der Waals surface area contributed by atoms with Crippen molar-refractivity contribution in [2.24, 2.45) is 0 Å². The number of aromatic amines is 1. The molecule has 0 saturated carbocycles. The first-order valence-electron chi connectivity index (χ1n) is 11.1. The Balaban J connectivity index is 0.000000709. The van der Waals surface area contributed by atoms with Crippen LogP contribution in [0.25, 0.3) is 11.0 Å². The van der Waals surface area contributed by atoms with Crippen molar-refractivity contribution >= 4 is 50.4 Å². The maximum absolute atomic E-state index is 12.7. The molecule has 33 heavy (non-hydrogen) atoms. The lowest BCUT2D eigenvalue weighted by Gasteiger charge is -2.17. The summed E-state index contributed by atoms with van der Waals surface area (Å²) in [4.78, 5) is 34.7. The predicted molar refractivity (Wildman–Crippen MR) is 137 cm³/mol. The molecule has 174 valence electrons. The van der Waals surface area contributed by atoms with E-state index in [1.807, 2.05) is 24.3 Å². The summed E-state index contributed by atoms with van der Waals surface area (Å²) in [5.41, 5.74) is 2.72. The number of amides is 2. The summed E-state index contributed by atoms with van der Waals surface area (Å²) in [5.74, 6) is 0.374. The summed E-state index contributed by atoms with van der Waals surface area (Å²) in [6.07, 6.45) is 12.3. The summed E-state index contributed by atoms with van der Waals surface area (Å²) in [5, 5.41) is 3.48. The first-order chi connectivity index (χ1) is 15.9. The van der Waals surface area contributed by atoms with Crippen LogP contribution in [0.15, 0.2) is 64.2 Å². The number of hydrogen-bond donors (Lipinski definition) is 2. The number of rotatable bonds is 5. The molecule has 0 atom stereocenters. The number of allylic oxidation sites excluding steroid dienone is 3. The van der Waals surface area contributed by atoms with E-state index in [-0.39, 0.29) is 18.4 Å². The minimum Gasteiger partial charge on any atom is -0.345 e. The van der Waals surface area contributed by atoms with Gasteiger partial charge in [0.15, 0.2) is 0 Å². The molecule has 1 aromatic heterocycles. The Labute approximate surface area is 207 Å². The number of benzene rings is 1. The monoisotopic (exact) mass is 530 g/mol. The van der Waals surface area contributed by atoms with E-state index >= 15 is 0 Å². The van der Waals surface area contributed by atoms with Gasteiger partial charge in [0, 0.05) is 33.7 Å². The fourth-order valence-corrected chi connectivity index (χ4v) is 3.97. The Morgan fingerprint density at radius 2 is 1.91 bits per heavy atom. The number of carbonyl (C=O) groups is 2. The molecule has 8 heteroatoms. The standard InChI is InChI=1S/C21H18BrClN4O2.C4H10/c22-16-10-13(4-3-5-15(16)21(29)27-8-1-2-9-27)20(28)24-12-19-25-17-7-6-14(23)11-18(17)26-19;1-3-4-2/h1-4,6-7,10-11H,5,8-9,12H2,(H,24,28)(H,25,26);3-4H2,1-2H3. The van der Waals surface area contributed by atoms with E-state index < -0.39 is 0 Å². The Morgan fingerprint density at radius 3 is 2.61 bits per heavy atom. The van der Waals surface area contributed by atoms with Crippen LogP contribution in [0.1, 0.15) is 38.9 Å². The number of aromatic nitrogens is 2. The lowest BCUT2D eigenvalue weighted by molar-refractivity contribution is -0.126. The van der Waals surface area contributed by atoms with E-state index in [2.05, 4.69) is 45.1 Å². The largest absolute Gasteiger partial charge is 0.345 e. The van der Waals surface area contributed by atoms with Gasteiger partial charge in [-0.1, -0.05) is 78.5 Å². The Morgan fingerprint density at radius 1 is 1.18 bits per heavy atom. The van der Waals surface area contributed by atoms with Crippen molar-refractivity contribution in [1.29, 1.82) is 0 Å². The highest BCUT2D eigenvalue weighted by molar-refractivity contribution is 9.12. The molecular weight excluding hydrogens is 504 g/mol. The van der Waals surface area contributed by atoms with Crippen LogP contribution >= 0.6 is 27.5 Å². The molecule has 1 aliphatic carbocycles. The van der Waals surface area contributed by atoms with E-state index in [1.165, 1.54) is 12.8 Å². The predicted octanol–water partition coefficient (Wildman–Crippen LogP) is 5.57. The van der Waals surface area contributed by atoms with Crippen molar-refractivity contribution in [2.75, 3.05) is 13.1 Å². The summed E-state index contributed by atoms with van der Waals surface area (Å²) in [6.45, 7) is 5.85. The zero-order valence-electron chi connectivity index (χ0n) is 18.8. The normalized spacial score (nSPS) is 15.3. The molecule has 0 fully saturated rings. The molecule has 2 heterocycles. The molecule has 1 aliphatic heterocycles. The number of unbranched alkanes of at least 4 members (excludes halogenated alkanes) is 1. The number of halogens is 2. The molecule has 6 nitrogen and oxygen atoms in total. The molecule has 4 rings (SSSR count). The highest BCUT2D eigenvalue weighted by atomic mass is 79.9. The van der Waals surface area contributed by atoms with Crippen LogP contribution < -0.4 is 5.32 Å². The van der Waals surface area contributed by atoms with Crippen molar-refractivity contribution in [1.82, 2.24) is 20.2 Å². The minimum atomic E-state index is -0.242. The second-order valence-corrected chi connectivity index (χ2v) is 9.03. The van der Waals surface area contributed by atoms with E-state index in [4.69, 9.17) is 11.6 Å². The van der Waals surface area contributed by atoms with E-state index in [9.17, 15) is 9.59 Å². The van der Waals surface area contributed by atoms with Crippen LogP contribution in [0.2, 0.25) is 5.02 Å². The fourth-order valence-electron chi connectivity index (χ4n) is 3.22. The third-order valence-corrected chi connectivity index (χ3v) is 6.17. The van der Waals surface area contributed by atoms with Crippen molar-refractivity contribution in [3.05, 3.63) is 75.1 Å². The molecule has 0 spiro atoms. The number of nitrogens with one attached hydrogen (secondary N) is 2. The van der Waals surface area contributed by atoms with Crippen LogP contribution in [-0.2, 0) is 16.1 Å². The van der Waals surface area contributed by atoms with Crippen molar-refractivity contribution in [3.63, 3.8) is 0 Å². The quantitative estimate of drug-likeness (QED) is 0.495. The first-order valence-corrected chi connectivity index (χ1v) is 12.2. The van der Waals surface area contributed by atoms with Gasteiger partial charge in [0.1, 0.15) is 5.82 Å². The average molecular weight is 532 g/mol. The van der Waals surface area contributed by atoms with Crippen LogP contribution in [0.5, 0.6) is 0 Å². The number of carbonyl (C=O) groups excluding carboxylic acids is 2. The van der Waals surface area contributed by atoms with Crippen molar-refractivity contribution in [2.45, 2.75) is 39.7 Å². The Kier molecular flexibility index (Phi) is 9.09. The van der Waals surface area contributed by atoms with Crippen LogP contribution in [0.4, 0.5) is 0 Å². The van der Waals surface area contributed by atoms with Gasteiger partial charge in [-0.05, 0) is 30.7 Å². The molecule has 2 aromatic rings. The number of H-pyrrole nitrogens is 1. The van der Waals surface area contributed by atoms with Crippen LogP contribution in [0, 0.1) is 0 Å². The zero-order valence-corrected chi connectivity index (χ0v) is 21.2. The molecule has 0 bridgehead atoms. The third kappa shape index (κ3) is 6.68. The van der Waals surface area contributed by atoms with Gasteiger partial charge in [-0.3, -0.25) is 9.59 Å². The lowest BCUT2D eigenvalue weighted by atomic mass is 10.1. The van der Waals surface area contributed by atoms with E-state index in [1.54, 1.807) is 29.2 Å². The molecule has 0 unspecified atom stereocenters. The zero-order chi connectivity index (χ0) is 23.8. The lowest BCUT2D eigenvalue weighted by Crippen LogP contribution is -2.29. The van der Waals surface area contributed by atoms with Gasteiger partial charge < -0.3 is 15.2 Å². The second-order valence-electron chi connectivity index (χ2n) is 7.74. The topological polar surface area (TPSA) is 78.1 Å². The highest BCUT2D eigenvalue weighted by Gasteiger charge is 2.22. The summed E-state index contributed by atoms with van der Waals surface area (Å²) >= 11 is 9.46. The molecule has 2 N–H and O–H groups in total. The van der Waals surface area contributed by atoms with Gasteiger partial charge in [0.25, 0.3) is 11.8 Å².